The van der Waals surface area contributed by atoms with Crippen LogP contribution in [0.25, 0.3) is 11.4 Å². The molecule has 1 unspecified atom stereocenters. The summed E-state index contributed by atoms with van der Waals surface area (Å²) in [5, 5.41) is 7.52. The van der Waals surface area contributed by atoms with Crippen LogP contribution in [-0.2, 0) is 11.2 Å². The molecule has 1 atom stereocenters. The van der Waals surface area contributed by atoms with Crippen LogP contribution in [0.1, 0.15) is 32.6 Å². The maximum Gasteiger partial charge on any atom is 0.227 e. The second-order valence-electron chi connectivity index (χ2n) is 6.15. The average Bonchev–Trinajstić information content (AvgIpc) is 3.01. The zero-order valence-electron chi connectivity index (χ0n) is 14.4. The number of halogens is 2. The third-order valence-electron chi connectivity index (χ3n) is 3.54. The molecule has 0 aliphatic heterocycles. The first kappa shape index (κ1) is 21.4. The number of hydrogen-bond donors (Lipinski definition) is 2. The van der Waals surface area contributed by atoms with Crippen LogP contribution in [-0.4, -0.2) is 28.6 Å². The van der Waals surface area contributed by atoms with Crippen LogP contribution in [0.2, 0.25) is 5.02 Å². The van der Waals surface area contributed by atoms with E-state index >= 15 is 0 Å². The van der Waals surface area contributed by atoms with Crippen molar-refractivity contribution in [3.05, 3.63) is 35.2 Å². The van der Waals surface area contributed by atoms with Gasteiger partial charge in [-0.3, -0.25) is 4.79 Å². The molecule has 1 aromatic carbocycles. The van der Waals surface area contributed by atoms with Crippen LogP contribution < -0.4 is 11.1 Å². The highest BCUT2D eigenvalue weighted by Gasteiger charge is 2.14. The Morgan fingerprint density at radius 3 is 2.60 bits per heavy atom. The van der Waals surface area contributed by atoms with Gasteiger partial charge >= 0.3 is 0 Å². The highest BCUT2D eigenvalue weighted by molar-refractivity contribution is 6.30. The molecule has 2 aromatic rings. The molecule has 0 aliphatic rings. The van der Waals surface area contributed by atoms with E-state index in [1.54, 1.807) is 12.1 Å². The second kappa shape index (κ2) is 10.4. The molecule has 0 saturated carbocycles. The summed E-state index contributed by atoms with van der Waals surface area (Å²) in [6.07, 6.45) is 1.55. The maximum atomic E-state index is 12.0. The largest absolute Gasteiger partial charge is 0.352 e. The number of nitrogens with one attached hydrogen (secondary N) is 1. The Labute approximate surface area is 158 Å². The summed E-state index contributed by atoms with van der Waals surface area (Å²) >= 11 is 5.86. The summed E-state index contributed by atoms with van der Waals surface area (Å²) < 4.78 is 5.20. The smallest absolute Gasteiger partial charge is 0.227 e. The average molecular weight is 387 g/mol. The Kier molecular flexibility index (Phi) is 8.89. The molecule has 1 heterocycles. The van der Waals surface area contributed by atoms with Gasteiger partial charge < -0.3 is 15.6 Å². The number of rotatable bonds is 8. The van der Waals surface area contributed by atoms with Crippen LogP contribution in [0, 0.1) is 5.92 Å². The van der Waals surface area contributed by atoms with Crippen molar-refractivity contribution in [3.8, 4) is 11.4 Å². The molecule has 3 N–H and O–H groups in total. The molecule has 0 aliphatic carbocycles. The van der Waals surface area contributed by atoms with Crippen LogP contribution in [0.15, 0.2) is 28.8 Å². The molecule has 6 nitrogen and oxygen atoms in total. The van der Waals surface area contributed by atoms with Crippen molar-refractivity contribution in [1.29, 1.82) is 0 Å². The third-order valence-corrected chi connectivity index (χ3v) is 3.79. The van der Waals surface area contributed by atoms with Gasteiger partial charge in [0.25, 0.3) is 0 Å². The lowest BCUT2D eigenvalue weighted by molar-refractivity contribution is -0.121. The fourth-order valence-corrected chi connectivity index (χ4v) is 2.50. The fraction of sp³-hybridized carbons (Fsp3) is 0.471. The van der Waals surface area contributed by atoms with Gasteiger partial charge in [-0.2, -0.15) is 4.98 Å². The van der Waals surface area contributed by atoms with E-state index < -0.39 is 0 Å². The summed E-state index contributed by atoms with van der Waals surface area (Å²) in [5.74, 6) is 1.35. The van der Waals surface area contributed by atoms with Gasteiger partial charge in [0.1, 0.15) is 0 Å². The molecule has 0 radical (unpaired) electrons. The molecular formula is C17H24Cl2N4O2. The molecule has 0 saturated heterocycles. The highest BCUT2D eigenvalue weighted by atomic mass is 35.5. The van der Waals surface area contributed by atoms with Gasteiger partial charge in [0.15, 0.2) is 0 Å². The monoisotopic (exact) mass is 386 g/mol. The number of nitrogens with two attached hydrogens (primary N) is 1. The van der Waals surface area contributed by atoms with Gasteiger partial charge in [-0.1, -0.05) is 30.6 Å². The summed E-state index contributed by atoms with van der Waals surface area (Å²) in [4.78, 5) is 16.3. The lowest BCUT2D eigenvalue weighted by Gasteiger charge is -2.18. The maximum absolute atomic E-state index is 12.0. The van der Waals surface area contributed by atoms with Crippen LogP contribution in [0.4, 0.5) is 0 Å². The Hall–Kier alpha value is -1.63. The molecule has 8 heteroatoms. The lowest BCUT2D eigenvalue weighted by Crippen LogP contribution is -2.41. The molecule has 1 amide bonds. The highest BCUT2D eigenvalue weighted by Crippen LogP contribution is 2.19. The minimum absolute atomic E-state index is 0. The zero-order chi connectivity index (χ0) is 17.5. The van der Waals surface area contributed by atoms with E-state index in [1.165, 1.54) is 0 Å². The number of benzene rings is 1. The normalized spacial score (nSPS) is 11.9. The number of amides is 1. The quantitative estimate of drug-likeness (QED) is 0.725. The first-order chi connectivity index (χ1) is 11.5. The summed E-state index contributed by atoms with van der Waals surface area (Å²) in [6, 6.07) is 7.18. The number of carbonyl (C=O) groups excluding carboxylic acids is 1. The number of aromatic nitrogens is 2. The predicted molar refractivity (Wildman–Crippen MR) is 101 cm³/mol. The number of carbonyl (C=O) groups is 1. The fourth-order valence-electron chi connectivity index (χ4n) is 2.38. The van der Waals surface area contributed by atoms with E-state index in [4.69, 9.17) is 21.9 Å². The first-order valence-corrected chi connectivity index (χ1v) is 8.43. The Morgan fingerprint density at radius 1 is 1.32 bits per heavy atom. The Balaban J connectivity index is 0.00000312. The first-order valence-electron chi connectivity index (χ1n) is 8.06. The lowest BCUT2D eigenvalue weighted by atomic mass is 10.0. The van der Waals surface area contributed by atoms with Gasteiger partial charge in [-0.25, -0.2) is 0 Å². The predicted octanol–water partition coefficient (Wildman–Crippen LogP) is 3.23. The van der Waals surface area contributed by atoms with Crippen molar-refractivity contribution >= 4 is 29.9 Å². The number of hydrogen-bond acceptors (Lipinski definition) is 5. The minimum atomic E-state index is -0.0580. The molecule has 2 rings (SSSR count). The van der Waals surface area contributed by atoms with Crippen molar-refractivity contribution < 1.29 is 9.32 Å². The summed E-state index contributed by atoms with van der Waals surface area (Å²) in [6.45, 7) is 4.64. The second-order valence-corrected chi connectivity index (χ2v) is 6.58. The van der Waals surface area contributed by atoms with E-state index in [0.29, 0.717) is 35.6 Å². The van der Waals surface area contributed by atoms with E-state index in [1.807, 2.05) is 12.1 Å². The molecule has 138 valence electrons. The number of nitrogens with zero attached hydrogens (tertiary/aromatic N) is 2. The van der Waals surface area contributed by atoms with E-state index in [-0.39, 0.29) is 30.8 Å². The van der Waals surface area contributed by atoms with Gasteiger partial charge in [-0.15, -0.1) is 12.4 Å². The van der Waals surface area contributed by atoms with E-state index in [0.717, 1.165) is 12.0 Å². The summed E-state index contributed by atoms with van der Waals surface area (Å²) in [5.41, 5.74) is 6.51. The SMILES string of the molecule is CC(C)CC(CN)NC(=O)CCc1nc(-c2ccc(Cl)cc2)no1.Cl. The standard InChI is InChI=1S/C17H23ClN4O2.ClH/c1-11(2)9-14(10-19)20-15(23)7-8-16-21-17(22-24-16)12-3-5-13(18)6-4-12;/h3-6,11,14H,7-10,19H2,1-2H3,(H,20,23);1H. The zero-order valence-corrected chi connectivity index (χ0v) is 15.9. The number of aryl methyl sites for hydroxylation is 1. The minimum Gasteiger partial charge on any atom is -0.352 e. The van der Waals surface area contributed by atoms with Crippen molar-refractivity contribution in [2.45, 2.75) is 39.2 Å². The molecule has 0 bridgehead atoms. The van der Waals surface area contributed by atoms with Crippen LogP contribution in [0.5, 0.6) is 0 Å². The van der Waals surface area contributed by atoms with Crippen molar-refractivity contribution in [2.75, 3.05) is 6.54 Å². The van der Waals surface area contributed by atoms with Gasteiger partial charge in [0.05, 0.1) is 0 Å². The molecule has 0 spiro atoms. The van der Waals surface area contributed by atoms with Crippen LogP contribution in [0.3, 0.4) is 0 Å². The topological polar surface area (TPSA) is 94.0 Å². The van der Waals surface area contributed by atoms with Gasteiger partial charge in [0, 0.05) is 36.0 Å². The van der Waals surface area contributed by atoms with Crippen molar-refractivity contribution in [3.63, 3.8) is 0 Å². The molecule has 25 heavy (non-hydrogen) atoms. The van der Waals surface area contributed by atoms with Gasteiger partial charge in [0.2, 0.25) is 17.6 Å². The van der Waals surface area contributed by atoms with Crippen molar-refractivity contribution in [1.82, 2.24) is 15.5 Å². The molecule has 1 aromatic heterocycles. The van der Waals surface area contributed by atoms with Gasteiger partial charge in [-0.05, 0) is 36.6 Å². The van der Waals surface area contributed by atoms with Crippen LogP contribution >= 0.6 is 24.0 Å². The Morgan fingerprint density at radius 2 is 2.00 bits per heavy atom. The van der Waals surface area contributed by atoms with Crippen molar-refractivity contribution in [2.24, 2.45) is 11.7 Å². The molecular weight excluding hydrogens is 363 g/mol. The third kappa shape index (κ3) is 7.02. The Bertz CT molecular complexity index is 659. The molecule has 0 fully saturated rings. The van der Waals surface area contributed by atoms with E-state index in [9.17, 15) is 4.79 Å². The van der Waals surface area contributed by atoms with E-state index in [2.05, 4.69) is 29.3 Å². The summed E-state index contributed by atoms with van der Waals surface area (Å²) in [7, 11) is 0.